The number of nitrogens with one attached hydrogen (secondary N) is 1. The molecule has 0 aliphatic rings. The van der Waals surface area contributed by atoms with Gasteiger partial charge >= 0.3 is 0 Å². The molecule has 128 valence electrons. The average Bonchev–Trinajstić information content (AvgIpc) is 2.60. The lowest BCUT2D eigenvalue weighted by Gasteiger charge is -2.17. The molecular weight excluding hydrogens is 334 g/mol. The number of hydrogen-bond acceptors (Lipinski definition) is 2. The zero-order valence-corrected chi connectivity index (χ0v) is 15.1. The SMILES string of the molecule is CCCC(C=O)c1c(-c2ccc(C)cc2)c2cc(Cl)ccc2[nH]c1=O. The van der Waals surface area contributed by atoms with Crippen LogP contribution in [0, 0.1) is 6.92 Å². The molecule has 25 heavy (non-hydrogen) atoms. The normalized spacial score (nSPS) is 12.3. The molecule has 0 aliphatic heterocycles. The minimum Gasteiger partial charge on any atom is -0.322 e. The highest BCUT2D eigenvalue weighted by atomic mass is 35.5. The molecule has 4 heteroatoms. The lowest BCUT2D eigenvalue weighted by molar-refractivity contribution is -0.109. The Hall–Kier alpha value is -2.39. The number of hydrogen-bond donors (Lipinski definition) is 1. The van der Waals surface area contributed by atoms with Crippen molar-refractivity contribution < 1.29 is 4.79 Å². The molecule has 3 rings (SSSR count). The van der Waals surface area contributed by atoms with E-state index in [9.17, 15) is 9.59 Å². The van der Waals surface area contributed by atoms with E-state index in [-0.39, 0.29) is 5.56 Å². The number of carbonyl (C=O) groups is 1. The van der Waals surface area contributed by atoms with Gasteiger partial charge in [-0.2, -0.15) is 0 Å². The Bertz CT molecular complexity index is 974. The maximum atomic E-state index is 12.8. The summed E-state index contributed by atoms with van der Waals surface area (Å²) < 4.78 is 0. The first-order valence-electron chi connectivity index (χ1n) is 8.43. The second-order valence-corrected chi connectivity index (χ2v) is 6.77. The first kappa shape index (κ1) is 17.4. The van der Waals surface area contributed by atoms with Crippen molar-refractivity contribution in [2.75, 3.05) is 0 Å². The van der Waals surface area contributed by atoms with Crippen LogP contribution in [0.5, 0.6) is 0 Å². The molecule has 0 saturated carbocycles. The van der Waals surface area contributed by atoms with Gasteiger partial charge in [0.2, 0.25) is 0 Å². The Labute approximate surface area is 151 Å². The number of aryl methyl sites for hydroxylation is 1. The van der Waals surface area contributed by atoms with Crippen LogP contribution in [0.15, 0.2) is 47.3 Å². The number of pyridine rings is 1. The van der Waals surface area contributed by atoms with Crippen LogP contribution in [0.1, 0.15) is 36.8 Å². The summed E-state index contributed by atoms with van der Waals surface area (Å²) >= 11 is 6.21. The summed E-state index contributed by atoms with van der Waals surface area (Å²) in [5.74, 6) is -0.437. The van der Waals surface area contributed by atoms with E-state index in [0.29, 0.717) is 17.0 Å². The Morgan fingerprint density at radius 2 is 1.88 bits per heavy atom. The molecule has 2 aromatic carbocycles. The van der Waals surface area contributed by atoms with Crippen molar-refractivity contribution in [1.29, 1.82) is 0 Å². The first-order valence-corrected chi connectivity index (χ1v) is 8.80. The van der Waals surface area contributed by atoms with Gasteiger partial charge in [0.15, 0.2) is 0 Å². The number of aromatic amines is 1. The zero-order chi connectivity index (χ0) is 18.0. The molecule has 0 fully saturated rings. The van der Waals surface area contributed by atoms with E-state index in [2.05, 4.69) is 4.98 Å². The van der Waals surface area contributed by atoms with E-state index in [4.69, 9.17) is 11.6 Å². The molecule has 0 radical (unpaired) electrons. The van der Waals surface area contributed by atoms with Crippen molar-refractivity contribution in [3.05, 3.63) is 69.0 Å². The van der Waals surface area contributed by atoms with E-state index in [1.165, 1.54) is 0 Å². The van der Waals surface area contributed by atoms with Crippen LogP contribution < -0.4 is 5.56 Å². The quantitative estimate of drug-likeness (QED) is 0.638. The minimum absolute atomic E-state index is 0.212. The standard InChI is InChI=1S/C21H20ClNO2/c1-3-4-15(12-24)20-19(14-7-5-13(2)6-8-14)17-11-16(22)9-10-18(17)23-21(20)25/h5-12,15H,3-4H2,1-2H3,(H,23,25). The fourth-order valence-electron chi connectivity index (χ4n) is 3.26. The van der Waals surface area contributed by atoms with Crippen LogP contribution in [-0.2, 0) is 4.79 Å². The molecule has 1 heterocycles. The third-order valence-electron chi connectivity index (χ3n) is 4.49. The zero-order valence-electron chi connectivity index (χ0n) is 14.3. The summed E-state index contributed by atoms with van der Waals surface area (Å²) in [5, 5.41) is 1.45. The smallest absolute Gasteiger partial charge is 0.252 e. The highest BCUT2D eigenvalue weighted by Gasteiger charge is 2.22. The Morgan fingerprint density at radius 3 is 2.52 bits per heavy atom. The fourth-order valence-corrected chi connectivity index (χ4v) is 3.43. The highest BCUT2D eigenvalue weighted by Crippen LogP contribution is 2.35. The second kappa shape index (κ2) is 7.24. The Kier molecular flexibility index (Phi) is 5.05. The van der Waals surface area contributed by atoms with Gasteiger partial charge in [-0.05, 0) is 37.1 Å². The Morgan fingerprint density at radius 1 is 1.16 bits per heavy atom. The Balaban J connectivity index is 2.42. The summed E-state index contributed by atoms with van der Waals surface area (Å²) in [6.45, 7) is 4.02. The maximum Gasteiger partial charge on any atom is 0.252 e. The monoisotopic (exact) mass is 353 g/mol. The summed E-state index contributed by atoms with van der Waals surface area (Å²) in [6, 6.07) is 13.4. The molecule has 3 aromatic rings. The fraction of sp³-hybridized carbons (Fsp3) is 0.238. The predicted octanol–water partition coefficient (Wildman–Crippen LogP) is 5.24. The van der Waals surface area contributed by atoms with Gasteiger partial charge in [-0.25, -0.2) is 0 Å². The number of benzene rings is 2. The third-order valence-corrected chi connectivity index (χ3v) is 4.72. The van der Waals surface area contributed by atoms with E-state index in [1.54, 1.807) is 12.1 Å². The number of aromatic nitrogens is 1. The van der Waals surface area contributed by atoms with Gasteiger partial charge in [0.1, 0.15) is 6.29 Å². The number of aldehydes is 1. The molecule has 0 saturated heterocycles. The van der Waals surface area contributed by atoms with Gasteiger partial charge in [-0.1, -0.05) is 54.8 Å². The van der Waals surface area contributed by atoms with Crippen LogP contribution in [0.4, 0.5) is 0 Å². The lowest BCUT2D eigenvalue weighted by atomic mass is 9.87. The molecule has 3 nitrogen and oxygen atoms in total. The molecule has 0 aliphatic carbocycles. The summed E-state index contributed by atoms with van der Waals surface area (Å²) in [6.07, 6.45) is 2.34. The topological polar surface area (TPSA) is 49.9 Å². The van der Waals surface area contributed by atoms with Crippen molar-refractivity contribution in [3.8, 4) is 11.1 Å². The second-order valence-electron chi connectivity index (χ2n) is 6.33. The third kappa shape index (κ3) is 3.38. The van der Waals surface area contributed by atoms with Crippen molar-refractivity contribution in [2.24, 2.45) is 0 Å². The van der Waals surface area contributed by atoms with E-state index in [1.807, 2.05) is 44.2 Å². The van der Waals surface area contributed by atoms with Gasteiger partial charge in [0, 0.05) is 33.0 Å². The van der Waals surface area contributed by atoms with Crippen LogP contribution in [-0.4, -0.2) is 11.3 Å². The van der Waals surface area contributed by atoms with E-state index < -0.39 is 5.92 Å². The van der Waals surface area contributed by atoms with Crippen molar-refractivity contribution in [3.63, 3.8) is 0 Å². The molecule has 1 N–H and O–H groups in total. The molecule has 0 amide bonds. The number of rotatable bonds is 5. The summed E-state index contributed by atoms with van der Waals surface area (Å²) in [4.78, 5) is 27.4. The number of halogens is 1. The molecule has 0 spiro atoms. The molecule has 1 aromatic heterocycles. The van der Waals surface area contributed by atoms with Crippen molar-refractivity contribution in [1.82, 2.24) is 4.98 Å². The van der Waals surface area contributed by atoms with Crippen LogP contribution >= 0.6 is 11.6 Å². The first-order chi connectivity index (χ1) is 12.0. The van der Waals surface area contributed by atoms with Gasteiger partial charge in [-0.15, -0.1) is 0 Å². The summed E-state index contributed by atoms with van der Waals surface area (Å²) in [5.41, 5.74) is 3.88. The van der Waals surface area contributed by atoms with Gasteiger partial charge in [0.25, 0.3) is 5.56 Å². The highest BCUT2D eigenvalue weighted by molar-refractivity contribution is 6.31. The number of carbonyl (C=O) groups excluding carboxylic acids is 1. The van der Waals surface area contributed by atoms with Crippen molar-refractivity contribution in [2.45, 2.75) is 32.6 Å². The van der Waals surface area contributed by atoms with Crippen LogP contribution in [0.25, 0.3) is 22.0 Å². The minimum atomic E-state index is -0.437. The van der Waals surface area contributed by atoms with Crippen molar-refractivity contribution >= 4 is 28.8 Å². The van der Waals surface area contributed by atoms with Gasteiger partial charge in [-0.3, -0.25) is 4.79 Å². The molecule has 0 bridgehead atoms. The van der Waals surface area contributed by atoms with Crippen LogP contribution in [0.3, 0.4) is 0 Å². The molecular formula is C21H20ClNO2. The number of H-pyrrole nitrogens is 1. The number of fused-ring (bicyclic) bond motifs is 1. The van der Waals surface area contributed by atoms with Gasteiger partial charge in [0.05, 0.1) is 0 Å². The predicted molar refractivity (Wildman–Crippen MR) is 103 cm³/mol. The lowest BCUT2D eigenvalue weighted by Crippen LogP contribution is -2.19. The molecule has 1 atom stereocenters. The van der Waals surface area contributed by atoms with Crippen LogP contribution in [0.2, 0.25) is 5.02 Å². The van der Waals surface area contributed by atoms with E-state index >= 15 is 0 Å². The summed E-state index contributed by atoms with van der Waals surface area (Å²) in [7, 11) is 0. The molecule has 1 unspecified atom stereocenters. The van der Waals surface area contributed by atoms with E-state index in [0.717, 1.165) is 40.3 Å². The maximum absolute atomic E-state index is 12.8. The van der Waals surface area contributed by atoms with Gasteiger partial charge < -0.3 is 9.78 Å². The average molecular weight is 354 g/mol. The largest absolute Gasteiger partial charge is 0.322 e.